The topological polar surface area (TPSA) is 30.0 Å². The van der Waals surface area contributed by atoms with Crippen LogP contribution in [0.2, 0.25) is 0 Å². The monoisotopic (exact) mass is 277 g/mol. The predicted molar refractivity (Wildman–Crippen MR) is 70.0 cm³/mol. The molecule has 102 valence electrons. The molecule has 0 N–H and O–H groups in total. The van der Waals surface area contributed by atoms with Gasteiger partial charge in [-0.3, -0.25) is 9.78 Å². The molecular weight excluding hydrogens is 267 g/mol. The minimum atomic E-state index is -4.39. The Labute approximate surface area is 113 Å². The van der Waals surface area contributed by atoms with E-state index in [9.17, 15) is 18.0 Å². The molecule has 0 bridgehead atoms. The number of nitrogens with zero attached hydrogens (tertiary/aromatic N) is 1. The molecule has 0 fully saturated rings. The van der Waals surface area contributed by atoms with Crippen LogP contribution in [-0.4, -0.2) is 11.3 Å². The Bertz CT molecular complexity index is 648. The molecule has 0 radical (unpaired) electrons. The minimum absolute atomic E-state index is 0.205. The molecular formula is C15H10F3NO. The minimum Gasteiger partial charge on any atom is -0.298 e. The summed E-state index contributed by atoms with van der Waals surface area (Å²) in [6, 6.07) is 8.62. The second-order valence-corrected chi connectivity index (χ2v) is 4.09. The second-order valence-electron chi connectivity index (χ2n) is 4.09. The van der Waals surface area contributed by atoms with Crippen molar-refractivity contribution in [2.75, 3.05) is 0 Å². The number of alkyl halides is 3. The standard InChI is InChI=1S/C15H10F3NO/c16-15(17,18)13-6-7-19-14(9-13)5-4-11-2-1-3-12(8-11)10-20/h1-10H. The van der Waals surface area contributed by atoms with Gasteiger partial charge in [0.1, 0.15) is 6.29 Å². The Hall–Kier alpha value is -2.43. The maximum Gasteiger partial charge on any atom is 0.416 e. The van der Waals surface area contributed by atoms with Gasteiger partial charge in [0.15, 0.2) is 0 Å². The van der Waals surface area contributed by atoms with Crippen LogP contribution >= 0.6 is 0 Å². The van der Waals surface area contributed by atoms with Crippen molar-refractivity contribution in [3.63, 3.8) is 0 Å². The normalized spacial score (nSPS) is 11.8. The summed E-state index contributed by atoms with van der Waals surface area (Å²) in [4.78, 5) is 14.5. The Morgan fingerprint density at radius 2 is 1.75 bits per heavy atom. The van der Waals surface area contributed by atoms with Gasteiger partial charge in [-0.2, -0.15) is 13.2 Å². The number of hydrogen-bond acceptors (Lipinski definition) is 2. The van der Waals surface area contributed by atoms with E-state index in [2.05, 4.69) is 4.98 Å². The largest absolute Gasteiger partial charge is 0.416 e. The van der Waals surface area contributed by atoms with Gasteiger partial charge in [-0.1, -0.05) is 24.3 Å². The summed E-state index contributed by atoms with van der Waals surface area (Å²) in [5.74, 6) is 0. The first-order chi connectivity index (χ1) is 9.49. The van der Waals surface area contributed by atoms with E-state index >= 15 is 0 Å². The zero-order valence-corrected chi connectivity index (χ0v) is 10.3. The fourth-order valence-electron chi connectivity index (χ4n) is 1.63. The lowest BCUT2D eigenvalue weighted by molar-refractivity contribution is -0.137. The molecule has 0 amide bonds. The van der Waals surface area contributed by atoms with Crippen LogP contribution in [0.25, 0.3) is 12.2 Å². The van der Waals surface area contributed by atoms with Crippen molar-refractivity contribution in [3.8, 4) is 0 Å². The molecule has 0 spiro atoms. The van der Waals surface area contributed by atoms with Gasteiger partial charge in [0, 0.05) is 11.8 Å². The number of rotatable bonds is 3. The Balaban J connectivity index is 2.25. The van der Waals surface area contributed by atoms with E-state index in [1.54, 1.807) is 30.3 Å². The van der Waals surface area contributed by atoms with Crippen LogP contribution in [0, 0.1) is 0 Å². The summed E-state index contributed by atoms with van der Waals surface area (Å²) >= 11 is 0. The smallest absolute Gasteiger partial charge is 0.298 e. The molecule has 20 heavy (non-hydrogen) atoms. The molecule has 0 unspecified atom stereocenters. The quantitative estimate of drug-likeness (QED) is 0.791. The van der Waals surface area contributed by atoms with Crippen LogP contribution in [0.4, 0.5) is 13.2 Å². The summed E-state index contributed by atoms with van der Waals surface area (Å²) in [7, 11) is 0. The molecule has 5 heteroatoms. The highest BCUT2D eigenvalue weighted by atomic mass is 19.4. The highest BCUT2D eigenvalue weighted by Crippen LogP contribution is 2.29. The third-order valence-corrected chi connectivity index (χ3v) is 2.60. The van der Waals surface area contributed by atoms with Crippen LogP contribution in [0.5, 0.6) is 0 Å². The molecule has 2 aromatic rings. The van der Waals surface area contributed by atoms with Gasteiger partial charge in [0.05, 0.1) is 11.3 Å². The number of aromatic nitrogens is 1. The second kappa shape index (κ2) is 5.69. The first kappa shape index (κ1) is 14.0. The van der Waals surface area contributed by atoms with Gasteiger partial charge in [-0.05, 0) is 29.8 Å². The van der Waals surface area contributed by atoms with Crippen molar-refractivity contribution in [2.24, 2.45) is 0 Å². The van der Waals surface area contributed by atoms with E-state index in [0.717, 1.165) is 18.3 Å². The first-order valence-electron chi connectivity index (χ1n) is 5.75. The highest BCUT2D eigenvalue weighted by molar-refractivity contribution is 5.78. The molecule has 1 aromatic heterocycles. The van der Waals surface area contributed by atoms with Crippen molar-refractivity contribution < 1.29 is 18.0 Å². The zero-order valence-electron chi connectivity index (χ0n) is 10.3. The van der Waals surface area contributed by atoms with Crippen LogP contribution in [0.3, 0.4) is 0 Å². The van der Waals surface area contributed by atoms with Crippen LogP contribution in [0.1, 0.15) is 27.2 Å². The molecule has 2 rings (SSSR count). The van der Waals surface area contributed by atoms with Gasteiger partial charge in [-0.15, -0.1) is 0 Å². The van der Waals surface area contributed by atoms with Crippen molar-refractivity contribution in [1.29, 1.82) is 0 Å². The summed E-state index contributed by atoms with van der Waals surface area (Å²) in [6.07, 6.45) is 0.516. The van der Waals surface area contributed by atoms with Crippen molar-refractivity contribution in [1.82, 2.24) is 4.98 Å². The van der Waals surface area contributed by atoms with E-state index in [0.29, 0.717) is 17.4 Å². The number of hydrogen-bond donors (Lipinski definition) is 0. The van der Waals surface area contributed by atoms with E-state index < -0.39 is 11.7 Å². The molecule has 0 atom stereocenters. The number of carbonyl (C=O) groups is 1. The lowest BCUT2D eigenvalue weighted by atomic mass is 10.1. The molecule has 1 aromatic carbocycles. The third kappa shape index (κ3) is 3.54. The van der Waals surface area contributed by atoms with Gasteiger partial charge < -0.3 is 0 Å². The Kier molecular flexibility index (Phi) is 3.98. The van der Waals surface area contributed by atoms with Gasteiger partial charge >= 0.3 is 6.18 Å². The lowest BCUT2D eigenvalue weighted by Gasteiger charge is -2.06. The first-order valence-corrected chi connectivity index (χ1v) is 5.75. The lowest BCUT2D eigenvalue weighted by Crippen LogP contribution is -2.05. The summed E-state index contributed by atoms with van der Waals surface area (Å²) in [6.45, 7) is 0. The molecule has 0 saturated carbocycles. The highest BCUT2D eigenvalue weighted by Gasteiger charge is 2.30. The average molecular weight is 277 g/mol. The van der Waals surface area contributed by atoms with Crippen LogP contribution in [-0.2, 0) is 6.18 Å². The summed E-state index contributed by atoms with van der Waals surface area (Å²) in [5, 5.41) is 0. The maximum absolute atomic E-state index is 12.5. The number of halogens is 3. The van der Waals surface area contributed by atoms with Crippen molar-refractivity contribution in [2.45, 2.75) is 6.18 Å². The molecule has 0 aliphatic rings. The average Bonchev–Trinajstić information content (AvgIpc) is 2.45. The number of pyridine rings is 1. The van der Waals surface area contributed by atoms with E-state index in [4.69, 9.17) is 0 Å². The third-order valence-electron chi connectivity index (χ3n) is 2.60. The van der Waals surface area contributed by atoms with Gasteiger partial charge in [0.25, 0.3) is 0 Å². The Morgan fingerprint density at radius 3 is 2.45 bits per heavy atom. The Morgan fingerprint density at radius 1 is 1.00 bits per heavy atom. The number of carbonyl (C=O) groups excluding carboxylic acids is 1. The summed E-state index contributed by atoms with van der Waals surface area (Å²) < 4.78 is 37.6. The maximum atomic E-state index is 12.5. The van der Waals surface area contributed by atoms with Gasteiger partial charge in [-0.25, -0.2) is 0 Å². The summed E-state index contributed by atoms with van der Waals surface area (Å²) in [5.41, 5.74) is 0.683. The van der Waals surface area contributed by atoms with E-state index in [1.807, 2.05) is 0 Å². The van der Waals surface area contributed by atoms with E-state index in [-0.39, 0.29) is 5.69 Å². The van der Waals surface area contributed by atoms with Crippen LogP contribution in [0.15, 0.2) is 42.6 Å². The number of benzene rings is 1. The zero-order chi connectivity index (χ0) is 14.6. The SMILES string of the molecule is O=Cc1cccc(C=Cc2cc(C(F)(F)F)ccn2)c1. The predicted octanol–water partition coefficient (Wildman–Crippen LogP) is 4.08. The van der Waals surface area contributed by atoms with Crippen LogP contribution < -0.4 is 0 Å². The fraction of sp³-hybridized carbons (Fsp3) is 0.0667. The molecule has 1 heterocycles. The fourth-order valence-corrected chi connectivity index (χ4v) is 1.63. The molecule has 0 saturated heterocycles. The van der Waals surface area contributed by atoms with Crippen molar-refractivity contribution in [3.05, 3.63) is 65.0 Å². The van der Waals surface area contributed by atoms with Crippen molar-refractivity contribution >= 4 is 18.4 Å². The molecule has 0 aliphatic heterocycles. The molecule has 2 nitrogen and oxygen atoms in total. The molecule has 0 aliphatic carbocycles. The van der Waals surface area contributed by atoms with E-state index in [1.165, 1.54) is 6.08 Å². The number of aldehydes is 1. The van der Waals surface area contributed by atoms with Gasteiger partial charge in [0.2, 0.25) is 0 Å².